The first-order valence-corrected chi connectivity index (χ1v) is 5.83. The van der Waals surface area contributed by atoms with Gasteiger partial charge in [-0.15, -0.1) is 11.3 Å². The molecular weight excluding hydrogens is 254 g/mol. The van der Waals surface area contributed by atoms with Crippen LogP contribution < -0.4 is 5.32 Å². The first kappa shape index (κ1) is 12.2. The van der Waals surface area contributed by atoms with Gasteiger partial charge in [0.1, 0.15) is 10.6 Å². The zero-order chi connectivity index (χ0) is 13.0. The fourth-order valence-electron chi connectivity index (χ4n) is 1.26. The Hall–Kier alpha value is -2.28. The van der Waals surface area contributed by atoms with Crippen molar-refractivity contribution in [1.82, 2.24) is 9.97 Å². The van der Waals surface area contributed by atoms with Crippen molar-refractivity contribution in [2.75, 3.05) is 12.4 Å². The van der Waals surface area contributed by atoms with Crippen LogP contribution >= 0.6 is 11.3 Å². The minimum Gasteiger partial charge on any atom is -0.465 e. The van der Waals surface area contributed by atoms with Crippen LogP contribution in [0.25, 0.3) is 0 Å². The molecule has 0 aliphatic rings. The molecule has 0 saturated heterocycles. The molecule has 0 fully saturated rings. The number of aromatic nitrogens is 2. The number of esters is 1. The first-order chi connectivity index (χ1) is 8.72. The average molecular weight is 263 g/mol. The summed E-state index contributed by atoms with van der Waals surface area (Å²) < 4.78 is 4.61. The highest BCUT2D eigenvalue weighted by Gasteiger charge is 2.16. The van der Waals surface area contributed by atoms with Gasteiger partial charge in [0.25, 0.3) is 5.91 Å². The summed E-state index contributed by atoms with van der Waals surface area (Å²) in [5.41, 5.74) is 0.585. The summed E-state index contributed by atoms with van der Waals surface area (Å²) in [6.45, 7) is 0. The smallest absolute Gasteiger partial charge is 0.350 e. The molecule has 0 aliphatic carbocycles. The van der Waals surface area contributed by atoms with Crippen molar-refractivity contribution in [3.8, 4) is 0 Å². The number of nitrogens with one attached hydrogen (secondary N) is 1. The van der Waals surface area contributed by atoms with E-state index in [4.69, 9.17) is 0 Å². The molecular formula is C11H9N3O3S. The largest absolute Gasteiger partial charge is 0.465 e. The lowest BCUT2D eigenvalue weighted by molar-refractivity contribution is 0.0607. The summed E-state index contributed by atoms with van der Waals surface area (Å²) in [5, 5.41) is 4.28. The first-order valence-electron chi connectivity index (χ1n) is 4.95. The second-order valence-corrected chi connectivity index (χ2v) is 4.12. The third-order valence-corrected chi connectivity index (χ3v) is 2.97. The van der Waals surface area contributed by atoms with Crippen LogP contribution in [0.1, 0.15) is 20.2 Å². The molecule has 2 aromatic rings. The van der Waals surface area contributed by atoms with Crippen LogP contribution in [0.2, 0.25) is 0 Å². The maximum absolute atomic E-state index is 11.8. The summed E-state index contributed by atoms with van der Waals surface area (Å²) in [7, 11) is 1.29. The number of amides is 1. The Morgan fingerprint density at radius 3 is 2.89 bits per heavy atom. The van der Waals surface area contributed by atoms with Crippen LogP contribution in [0.4, 0.5) is 5.69 Å². The van der Waals surface area contributed by atoms with E-state index in [0.717, 1.165) is 0 Å². The van der Waals surface area contributed by atoms with Gasteiger partial charge in [-0.1, -0.05) is 0 Å². The quantitative estimate of drug-likeness (QED) is 0.850. The Labute approximate surface area is 107 Å². The van der Waals surface area contributed by atoms with Crippen molar-refractivity contribution in [3.63, 3.8) is 0 Å². The van der Waals surface area contributed by atoms with Gasteiger partial charge in [0, 0.05) is 12.4 Å². The normalized spacial score (nSPS) is 9.83. The van der Waals surface area contributed by atoms with E-state index in [1.807, 2.05) is 0 Å². The van der Waals surface area contributed by atoms with Crippen molar-refractivity contribution in [1.29, 1.82) is 0 Å². The molecule has 0 radical (unpaired) electrons. The van der Waals surface area contributed by atoms with Gasteiger partial charge < -0.3 is 10.1 Å². The number of methoxy groups -OCH3 is 1. The summed E-state index contributed by atoms with van der Waals surface area (Å²) in [6.07, 6.45) is 4.24. The molecule has 0 aliphatic heterocycles. The molecule has 0 atom stereocenters. The molecule has 1 amide bonds. The lowest BCUT2D eigenvalue weighted by atomic mass is 10.3. The van der Waals surface area contributed by atoms with Crippen molar-refractivity contribution < 1.29 is 14.3 Å². The number of carbonyl (C=O) groups is 2. The highest BCUT2D eigenvalue weighted by atomic mass is 32.1. The maximum atomic E-state index is 11.8. The van der Waals surface area contributed by atoms with E-state index in [2.05, 4.69) is 20.0 Å². The van der Waals surface area contributed by atoms with E-state index in [9.17, 15) is 9.59 Å². The maximum Gasteiger partial charge on any atom is 0.350 e. The molecule has 0 bridgehead atoms. The van der Waals surface area contributed by atoms with Crippen molar-refractivity contribution in [3.05, 3.63) is 40.6 Å². The minimum absolute atomic E-state index is 0.180. The molecule has 18 heavy (non-hydrogen) atoms. The SMILES string of the molecule is COC(=O)c1sccc1NC(=O)c1cnccn1. The lowest BCUT2D eigenvalue weighted by Crippen LogP contribution is -2.15. The molecule has 2 heterocycles. The second-order valence-electron chi connectivity index (χ2n) is 3.20. The molecule has 7 heteroatoms. The minimum atomic E-state index is -0.487. The molecule has 0 saturated carbocycles. The predicted molar refractivity (Wildman–Crippen MR) is 65.6 cm³/mol. The topological polar surface area (TPSA) is 81.2 Å². The van der Waals surface area contributed by atoms with Crippen LogP contribution in [-0.4, -0.2) is 29.0 Å². The molecule has 2 rings (SSSR count). The zero-order valence-corrected chi connectivity index (χ0v) is 10.2. The number of anilines is 1. The van der Waals surface area contributed by atoms with E-state index in [1.54, 1.807) is 11.4 Å². The summed E-state index contributed by atoms with van der Waals surface area (Å²) >= 11 is 1.19. The molecule has 92 valence electrons. The molecule has 0 spiro atoms. The zero-order valence-electron chi connectivity index (χ0n) is 9.41. The number of ether oxygens (including phenoxy) is 1. The van der Waals surface area contributed by atoms with Crippen molar-refractivity contribution in [2.24, 2.45) is 0 Å². The van der Waals surface area contributed by atoms with Crippen molar-refractivity contribution in [2.45, 2.75) is 0 Å². The molecule has 0 aromatic carbocycles. The van der Waals surface area contributed by atoms with Crippen LogP contribution in [0.3, 0.4) is 0 Å². The summed E-state index contributed by atoms with van der Waals surface area (Å²) in [5.74, 6) is -0.911. The number of thiophene rings is 1. The predicted octanol–water partition coefficient (Wildman–Crippen LogP) is 1.58. The fraction of sp³-hybridized carbons (Fsp3) is 0.0909. The van der Waals surface area contributed by atoms with E-state index in [-0.39, 0.29) is 5.69 Å². The Balaban J connectivity index is 2.18. The van der Waals surface area contributed by atoms with Crippen LogP contribution in [-0.2, 0) is 4.74 Å². The van der Waals surface area contributed by atoms with Gasteiger partial charge in [-0.05, 0) is 11.4 Å². The van der Waals surface area contributed by atoms with Gasteiger partial charge in [0.05, 0.1) is 19.0 Å². The van der Waals surface area contributed by atoms with Gasteiger partial charge in [-0.2, -0.15) is 0 Å². The van der Waals surface area contributed by atoms with Crippen LogP contribution in [0.5, 0.6) is 0 Å². The third-order valence-electron chi connectivity index (χ3n) is 2.08. The molecule has 2 aromatic heterocycles. The number of carbonyl (C=O) groups excluding carboxylic acids is 2. The van der Waals surface area contributed by atoms with Gasteiger partial charge in [-0.25, -0.2) is 9.78 Å². The van der Waals surface area contributed by atoms with Crippen LogP contribution in [0.15, 0.2) is 30.0 Å². The number of rotatable bonds is 3. The average Bonchev–Trinajstić information content (AvgIpc) is 2.87. The molecule has 1 N–H and O–H groups in total. The Morgan fingerprint density at radius 2 is 2.22 bits per heavy atom. The highest BCUT2D eigenvalue weighted by molar-refractivity contribution is 7.12. The summed E-state index contributed by atoms with van der Waals surface area (Å²) in [4.78, 5) is 31.2. The standard InChI is InChI=1S/C11H9N3O3S/c1-17-11(16)9-7(2-5-18-9)14-10(15)8-6-12-3-4-13-8/h2-6H,1H3,(H,14,15). The fourth-order valence-corrected chi connectivity index (χ4v) is 2.03. The monoisotopic (exact) mass is 263 g/mol. The molecule has 6 nitrogen and oxygen atoms in total. The van der Waals surface area contributed by atoms with E-state index in [1.165, 1.54) is 37.0 Å². The van der Waals surface area contributed by atoms with Crippen LogP contribution in [0, 0.1) is 0 Å². The van der Waals surface area contributed by atoms with E-state index < -0.39 is 11.9 Å². The number of hydrogen-bond acceptors (Lipinski definition) is 6. The Bertz CT molecular complexity index is 568. The van der Waals surface area contributed by atoms with E-state index in [0.29, 0.717) is 10.6 Å². The number of nitrogens with zero attached hydrogens (tertiary/aromatic N) is 2. The van der Waals surface area contributed by atoms with Gasteiger partial charge in [-0.3, -0.25) is 9.78 Å². The van der Waals surface area contributed by atoms with Gasteiger partial charge in [0.15, 0.2) is 0 Å². The molecule has 0 unspecified atom stereocenters. The Kier molecular flexibility index (Phi) is 3.63. The van der Waals surface area contributed by atoms with Gasteiger partial charge in [0.2, 0.25) is 0 Å². The highest BCUT2D eigenvalue weighted by Crippen LogP contribution is 2.23. The lowest BCUT2D eigenvalue weighted by Gasteiger charge is -2.04. The summed E-state index contributed by atoms with van der Waals surface area (Å²) in [6, 6.07) is 1.63. The third kappa shape index (κ3) is 2.51. The Morgan fingerprint density at radius 1 is 1.39 bits per heavy atom. The van der Waals surface area contributed by atoms with Crippen molar-refractivity contribution >= 4 is 28.9 Å². The second kappa shape index (κ2) is 5.37. The van der Waals surface area contributed by atoms with Gasteiger partial charge >= 0.3 is 5.97 Å². The van der Waals surface area contributed by atoms with E-state index >= 15 is 0 Å². The number of hydrogen-bond donors (Lipinski definition) is 1.